The van der Waals surface area contributed by atoms with Gasteiger partial charge in [0.1, 0.15) is 5.60 Å². The molecule has 1 saturated carbocycles. The number of amides is 1. The smallest absolute Gasteiger partial charge is 0.407 e. The van der Waals surface area contributed by atoms with Crippen molar-refractivity contribution in [1.29, 1.82) is 0 Å². The topological polar surface area (TPSA) is 64.3 Å². The molecule has 1 atom stereocenters. The van der Waals surface area contributed by atoms with Gasteiger partial charge in [-0.2, -0.15) is 0 Å². The third-order valence-electron chi connectivity index (χ3n) is 3.58. The molecule has 1 fully saturated rings. The van der Waals surface area contributed by atoms with Gasteiger partial charge in [-0.05, 0) is 39.5 Å². The van der Waals surface area contributed by atoms with Crippen LogP contribution < -0.4 is 11.1 Å². The Bertz CT molecular complexity index is 268. The summed E-state index contributed by atoms with van der Waals surface area (Å²) in [5.41, 5.74) is 5.58. The molecule has 0 aliphatic heterocycles. The van der Waals surface area contributed by atoms with Crippen LogP contribution in [0.1, 0.15) is 65.7 Å². The number of alkyl carbamates (subject to hydrolysis) is 1. The summed E-state index contributed by atoms with van der Waals surface area (Å²) in [7, 11) is 0. The Morgan fingerprint density at radius 3 is 2.53 bits per heavy atom. The Labute approximate surface area is 117 Å². The molecule has 3 N–H and O–H groups in total. The lowest BCUT2D eigenvalue weighted by Gasteiger charge is -2.23. The van der Waals surface area contributed by atoms with Crippen molar-refractivity contribution < 1.29 is 9.53 Å². The third-order valence-corrected chi connectivity index (χ3v) is 3.58. The van der Waals surface area contributed by atoms with E-state index >= 15 is 0 Å². The van der Waals surface area contributed by atoms with Crippen LogP contribution >= 0.6 is 0 Å². The van der Waals surface area contributed by atoms with E-state index in [9.17, 15) is 4.79 Å². The minimum Gasteiger partial charge on any atom is -0.444 e. The molecule has 0 saturated heterocycles. The molecule has 0 aromatic heterocycles. The zero-order valence-corrected chi connectivity index (χ0v) is 12.7. The van der Waals surface area contributed by atoms with Crippen LogP contribution in [0.2, 0.25) is 0 Å². The molecule has 0 heterocycles. The van der Waals surface area contributed by atoms with Crippen molar-refractivity contribution in [3.05, 3.63) is 0 Å². The summed E-state index contributed by atoms with van der Waals surface area (Å²) >= 11 is 0. The molecule has 0 radical (unpaired) electrons. The second-order valence-electron chi connectivity index (χ2n) is 6.72. The SMILES string of the molecule is CC(C)(C)OC(=O)NCC(N)CCC1CCCCC1. The Morgan fingerprint density at radius 2 is 1.95 bits per heavy atom. The minimum absolute atomic E-state index is 0.0365. The summed E-state index contributed by atoms with van der Waals surface area (Å²) in [6.07, 6.45) is 8.64. The first-order valence-corrected chi connectivity index (χ1v) is 7.59. The molecule has 0 aromatic rings. The molecule has 1 unspecified atom stereocenters. The lowest BCUT2D eigenvalue weighted by atomic mass is 9.85. The normalized spacial score (nSPS) is 18.9. The number of nitrogens with two attached hydrogens (primary N) is 1. The molecular weight excluding hydrogens is 240 g/mol. The maximum absolute atomic E-state index is 11.5. The van der Waals surface area contributed by atoms with Crippen molar-refractivity contribution in [2.45, 2.75) is 77.4 Å². The van der Waals surface area contributed by atoms with Crippen molar-refractivity contribution in [2.24, 2.45) is 11.7 Å². The van der Waals surface area contributed by atoms with E-state index in [-0.39, 0.29) is 12.1 Å². The van der Waals surface area contributed by atoms with Crippen LogP contribution in [0.4, 0.5) is 4.79 Å². The van der Waals surface area contributed by atoms with Crippen molar-refractivity contribution in [2.75, 3.05) is 6.54 Å². The Kier molecular flexibility index (Phi) is 6.63. The molecule has 4 nitrogen and oxygen atoms in total. The quantitative estimate of drug-likeness (QED) is 0.806. The molecule has 112 valence electrons. The van der Waals surface area contributed by atoms with Gasteiger partial charge in [-0.1, -0.05) is 32.1 Å². The molecule has 0 spiro atoms. The van der Waals surface area contributed by atoms with Crippen LogP contribution in [-0.2, 0) is 4.74 Å². The van der Waals surface area contributed by atoms with Gasteiger partial charge in [0.2, 0.25) is 0 Å². The fraction of sp³-hybridized carbons (Fsp3) is 0.933. The van der Waals surface area contributed by atoms with Crippen LogP contribution in [-0.4, -0.2) is 24.3 Å². The lowest BCUT2D eigenvalue weighted by Crippen LogP contribution is -2.40. The number of carbonyl (C=O) groups is 1. The second-order valence-corrected chi connectivity index (χ2v) is 6.72. The average Bonchev–Trinajstić information content (AvgIpc) is 2.33. The largest absolute Gasteiger partial charge is 0.444 e. The first-order chi connectivity index (χ1) is 8.87. The standard InChI is InChI=1S/C15H30N2O2/c1-15(2,3)19-14(18)17-11-13(16)10-9-12-7-5-4-6-8-12/h12-13H,4-11,16H2,1-3H3,(H,17,18). The van der Waals surface area contributed by atoms with Gasteiger partial charge in [0.25, 0.3) is 0 Å². The first-order valence-electron chi connectivity index (χ1n) is 7.59. The van der Waals surface area contributed by atoms with Crippen LogP contribution in [0.15, 0.2) is 0 Å². The van der Waals surface area contributed by atoms with E-state index in [2.05, 4.69) is 5.32 Å². The monoisotopic (exact) mass is 270 g/mol. The summed E-state index contributed by atoms with van der Waals surface area (Å²) in [5.74, 6) is 0.848. The molecule has 1 rings (SSSR count). The fourth-order valence-electron chi connectivity index (χ4n) is 2.56. The molecule has 0 aromatic carbocycles. The van der Waals surface area contributed by atoms with E-state index in [1.807, 2.05) is 20.8 Å². The molecular formula is C15H30N2O2. The van der Waals surface area contributed by atoms with E-state index < -0.39 is 5.60 Å². The molecule has 19 heavy (non-hydrogen) atoms. The highest BCUT2D eigenvalue weighted by atomic mass is 16.6. The van der Waals surface area contributed by atoms with E-state index in [1.54, 1.807) is 0 Å². The Morgan fingerprint density at radius 1 is 1.32 bits per heavy atom. The van der Waals surface area contributed by atoms with Gasteiger partial charge >= 0.3 is 6.09 Å². The van der Waals surface area contributed by atoms with Gasteiger partial charge in [-0.15, -0.1) is 0 Å². The van der Waals surface area contributed by atoms with E-state index in [4.69, 9.17) is 10.5 Å². The predicted octanol–water partition coefficient (Wildman–Crippen LogP) is 3.20. The summed E-state index contributed by atoms with van der Waals surface area (Å²) < 4.78 is 5.18. The molecule has 1 amide bonds. The van der Waals surface area contributed by atoms with Gasteiger partial charge in [0, 0.05) is 12.6 Å². The van der Waals surface area contributed by atoms with Crippen molar-refractivity contribution >= 4 is 6.09 Å². The fourth-order valence-corrected chi connectivity index (χ4v) is 2.56. The number of hydrogen-bond donors (Lipinski definition) is 2. The second kappa shape index (κ2) is 7.73. The van der Waals surface area contributed by atoms with E-state index in [0.29, 0.717) is 6.54 Å². The summed E-state index contributed by atoms with van der Waals surface area (Å²) in [6.45, 7) is 6.07. The highest BCUT2D eigenvalue weighted by molar-refractivity contribution is 5.67. The zero-order valence-electron chi connectivity index (χ0n) is 12.7. The Balaban J connectivity index is 2.10. The van der Waals surface area contributed by atoms with Crippen molar-refractivity contribution in [3.63, 3.8) is 0 Å². The van der Waals surface area contributed by atoms with Crippen LogP contribution in [0.5, 0.6) is 0 Å². The van der Waals surface area contributed by atoms with E-state index in [1.165, 1.54) is 38.5 Å². The number of carbonyl (C=O) groups excluding carboxylic acids is 1. The van der Waals surface area contributed by atoms with Gasteiger partial charge < -0.3 is 15.8 Å². The highest BCUT2D eigenvalue weighted by Gasteiger charge is 2.17. The van der Waals surface area contributed by atoms with E-state index in [0.717, 1.165) is 12.3 Å². The molecule has 1 aliphatic carbocycles. The van der Waals surface area contributed by atoms with Gasteiger partial charge in [0.05, 0.1) is 0 Å². The molecule has 4 heteroatoms. The maximum Gasteiger partial charge on any atom is 0.407 e. The van der Waals surface area contributed by atoms with Crippen molar-refractivity contribution in [1.82, 2.24) is 5.32 Å². The number of hydrogen-bond acceptors (Lipinski definition) is 3. The number of rotatable bonds is 5. The Hall–Kier alpha value is -0.770. The van der Waals surface area contributed by atoms with Crippen LogP contribution in [0.3, 0.4) is 0 Å². The first kappa shape index (κ1) is 16.3. The lowest BCUT2D eigenvalue weighted by molar-refractivity contribution is 0.0523. The van der Waals surface area contributed by atoms with Gasteiger partial charge in [-0.3, -0.25) is 0 Å². The third kappa shape index (κ3) is 8.09. The number of nitrogens with one attached hydrogen (secondary N) is 1. The van der Waals surface area contributed by atoms with Crippen LogP contribution in [0, 0.1) is 5.92 Å². The maximum atomic E-state index is 11.5. The predicted molar refractivity (Wildman–Crippen MR) is 78.0 cm³/mol. The summed E-state index contributed by atoms with van der Waals surface area (Å²) in [6, 6.07) is 0.0365. The zero-order chi connectivity index (χ0) is 14.3. The average molecular weight is 270 g/mol. The van der Waals surface area contributed by atoms with Crippen LogP contribution in [0.25, 0.3) is 0 Å². The number of ether oxygens (including phenoxy) is 1. The van der Waals surface area contributed by atoms with Crippen molar-refractivity contribution in [3.8, 4) is 0 Å². The summed E-state index contributed by atoms with van der Waals surface area (Å²) in [4.78, 5) is 11.5. The minimum atomic E-state index is -0.448. The van der Waals surface area contributed by atoms with Gasteiger partial charge in [0.15, 0.2) is 0 Å². The molecule has 1 aliphatic rings. The molecule has 0 bridgehead atoms. The highest BCUT2D eigenvalue weighted by Crippen LogP contribution is 2.27. The summed E-state index contributed by atoms with van der Waals surface area (Å²) in [5, 5.41) is 2.74. The van der Waals surface area contributed by atoms with Gasteiger partial charge in [-0.25, -0.2) is 4.79 Å².